The summed E-state index contributed by atoms with van der Waals surface area (Å²) < 4.78 is 18.1. The number of aromatic hydroxyl groups is 1. The second-order valence-electron chi connectivity index (χ2n) is 8.73. The lowest BCUT2D eigenvalue weighted by Gasteiger charge is -2.17. The molecule has 39 heavy (non-hydrogen) atoms. The molecular formula is C30H33ClN2O6. The van der Waals surface area contributed by atoms with E-state index in [0.717, 1.165) is 36.1 Å². The summed E-state index contributed by atoms with van der Waals surface area (Å²) >= 11 is 0. The van der Waals surface area contributed by atoms with Gasteiger partial charge in [-0.15, -0.1) is 12.4 Å². The molecule has 0 aliphatic rings. The average molecular weight is 553 g/mol. The van der Waals surface area contributed by atoms with Crippen LogP contribution >= 0.6 is 12.4 Å². The van der Waals surface area contributed by atoms with Gasteiger partial charge in [-0.05, 0) is 48.7 Å². The van der Waals surface area contributed by atoms with Crippen molar-refractivity contribution in [2.24, 2.45) is 0 Å². The van der Waals surface area contributed by atoms with Crippen LogP contribution in [0.1, 0.15) is 48.2 Å². The second kappa shape index (κ2) is 14.1. The van der Waals surface area contributed by atoms with Crippen LogP contribution in [0.15, 0.2) is 67.1 Å². The van der Waals surface area contributed by atoms with Crippen molar-refractivity contribution in [3.05, 3.63) is 83.8 Å². The van der Waals surface area contributed by atoms with E-state index >= 15 is 0 Å². The Labute approximate surface area is 234 Å². The molecule has 0 radical (unpaired) electrons. The fraction of sp³-hybridized carbons (Fsp3) is 0.267. The molecule has 0 amide bonds. The minimum Gasteiger partial charge on any atom is -0.507 e. The number of carboxylic acids is 1. The van der Waals surface area contributed by atoms with Crippen molar-refractivity contribution in [2.45, 2.75) is 39.5 Å². The van der Waals surface area contributed by atoms with E-state index in [1.165, 1.54) is 6.07 Å². The highest BCUT2D eigenvalue weighted by Crippen LogP contribution is 2.36. The fourth-order valence-electron chi connectivity index (χ4n) is 4.19. The first-order valence-corrected chi connectivity index (χ1v) is 12.7. The summed E-state index contributed by atoms with van der Waals surface area (Å²) in [6.45, 7) is 4.95. The SMILES string of the molecule is CCCc1c(OCCCOc2cc(O)c(-c3cnc[nH]3)cc2CC)cccc1Oc1ccccc1C(=O)O.Cl. The van der Waals surface area contributed by atoms with Crippen LogP contribution in [0.2, 0.25) is 0 Å². The number of aromatic amines is 1. The smallest absolute Gasteiger partial charge is 0.339 e. The first kappa shape index (κ1) is 29.4. The number of benzene rings is 3. The van der Waals surface area contributed by atoms with Gasteiger partial charge in [0.1, 0.15) is 34.3 Å². The van der Waals surface area contributed by atoms with E-state index in [4.69, 9.17) is 14.2 Å². The maximum atomic E-state index is 11.6. The van der Waals surface area contributed by atoms with E-state index in [2.05, 4.69) is 16.9 Å². The molecule has 0 atom stereocenters. The minimum atomic E-state index is -1.04. The number of nitrogens with zero attached hydrogens (tertiary/aromatic N) is 1. The minimum absolute atomic E-state index is 0. The van der Waals surface area contributed by atoms with E-state index < -0.39 is 5.97 Å². The zero-order valence-corrected chi connectivity index (χ0v) is 22.8. The van der Waals surface area contributed by atoms with Crippen LogP contribution in [0.25, 0.3) is 11.3 Å². The van der Waals surface area contributed by atoms with Crippen molar-refractivity contribution in [3.8, 4) is 40.0 Å². The molecule has 0 aliphatic heterocycles. The summed E-state index contributed by atoms with van der Waals surface area (Å²) in [6.07, 6.45) is 6.23. The van der Waals surface area contributed by atoms with Crippen LogP contribution in [-0.2, 0) is 12.8 Å². The molecule has 0 saturated carbocycles. The number of imidazole rings is 1. The number of aromatic nitrogens is 2. The number of hydrogen-bond acceptors (Lipinski definition) is 6. The summed E-state index contributed by atoms with van der Waals surface area (Å²) in [5.41, 5.74) is 3.42. The molecule has 206 valence electrons. The summed E-state index contributed by atoms with van der Waals surface area (Å²) in [6, 6.07) is 15.7. The molecule has 0 unspecified atom stereocenters. The predicted octanol–water partition coefficient (Wildman–Crippen LogP) is 7.06. The van der Waals surface area contributed by atoms with E-state index in [-0.39, 0.29) is 29.5 Å². The molecule has 1 aromatic heterocycles. The number of nitrogens with one attached hydrogen (secondary N) is 1. The molecule has 4 aromatic rings. The van der Waals surface area contributed by atoms with Gasteiger partial charge in [0, 0.05) is 23.6 Å². The second-order valence-corrected chi connectivity index (χ2v) is 8.73. The van der Waals surface area contributed by atoms with Gasteiger partial charge >= 0.3 is 5.97 Å². The Balaban J connectivity index is 0.00000420. The van der Waals surface area contributed by atoms with Gasteiger partial charge in [-0.3, -0.25) is 0 Å². The topological polar surface area (TPSA) is 114 Å². The van der Waals surface area contributed by atoms with E-state index in [1.54, 1.807) is 36.8 Å². The highest BCUT2D eigenvalue weighted by Gasteiger charge is 2.16. The third-order valence-corrected chi connectivity index (χ3v) is 6.08. The number of ether oxygens (including phenoxy) is 3. The van der Waals surface area contributed by atoms with Gasteiger partial charge in [0.15, 0.2) is 0 Å². The number of H-pyrrole nitrogens is 1. The summed E-state index contributed by atoms with van der Waals surface area (Å²) in [5.74, 6) is 1.30. The van der Waals surface area contributed by atoms with E-state index in [0.29, 0.717) is 42.4 Å². The van der Waals surface area contributed by atoms with Crippen molar-refractivity contribution >= 4 is 18.4 Å². The third kappa shape index (κ3) is 7.23. The van der Waals surface area contributed by atoms with Crippen LogP contribution in [0.5, 0.6) is 28.7 Å². The van der Waals surface area contributed by atoms with Gasteiger partial charge in [-0.1, -0.05) is 38.5 Å². The van der Waals surface area contributed by atoms with Crippen LogP contribution in [-0.4, -0.2) is 39.4 Å². The lowest BCUT2D eigenvalue weighted by molar-refractivity contribution is 0.0694. The first-order valence-electron chi connectivity index (χ1n) is 12.7. The van der Waals surface area contributed by atoms with Crippen molar-refractivity contribution < 1.29 is 29.2 Å². The molecule has 0 saturated heterocycles. The van der Waals surface area contributed by atoms with E-state index in [9.17, 15) is 15.0 Å². The maximum Gasteiger partial charge on any atom is 0.339 e. The van der Waals surface area contributed by atoms with Gasteiger partial charge in [0.2, 0.25) is 0 Å². The zero-order chi connectivity index (χ0) is 26.9. The molecule has 0 fully saturated rings. The number of carboxylic acid groups (broad SMARTS) is 1. The Kier molecular flexibility index (Phi) is 10.6. The largest absolute Gasteiger partial charge is 0.507 e. The Bertz CT molecular complexity index is 1370. The highest BCUT2D eigenvalue weighted by atomic mass is 35.5. The molecular weight excluding hydrogens is 520 g/mol. The van der Waals surface area contributed by atoms with Gasteiger partial charge in [0.05, 0.1) is 31.4 Å². The number of carbonyl (C=O) groups is 1. The van der Waals surface area contributed by atoms with Crippen LogP contribution < -0.4 is 14.2 Å². The average Bonchev–Trinajstić information content (AvgIpc) is 3.45. The maximum absolute atomic E-state index is 11.6. The Morgan fingerprint density at radius 1 is 0.949 bits per heavy atom. The molecule has 0 bridgehead atoms. The number of hydrogen-bond donors (Lipinski definition) is 3. The van der Waals surface area contributed by atoms with Crippen molar-refractivity contribution in [1.82, 2.24) is 9.97 Å². The van der Waals surface area contributed by atoms with E-state index in [1.807, 2.05) is 31.2 Å². The molecule has 3 N–H and O–H groups in total. The van der Waals surface area contributed by atoms with Gasteiger partial charge in [0.25, 0.3) is 0 Å². The summed E-state index contributed by atoms with van der Waals surface area (Å²) in [5, 5.41) is 20.0. The Morgan fingerprint density at radius 2 is 1.67 bits per heavy atom. The predicted molar refractivity (Wildman–Crippen MR) is 152 cm³/mol. The highest BCUT2D eigenvalue weighted by molar-refractivity contribution is 5.91. The number of phenolic OH excluding ortho intramolecular Hbond substituents is 1. The zero-order valence-electron chi connectivity index (χ0n) is 22.0. The van der Waals surface area contributed by atoms with Crippen LogP contribution in [0, 0.1) is 0 Å². The number of halogens is 1. The normalized spacial score (nSPS) is 10.5. The van der Waals surface area contributed by atoms with Crippen LogP contribution in [0.4, 0.5) is 0 Å². The lowest BCUT2D eigenvalue weighted by Crippen LogP contribution is -2.08. The lowest BCUT2D eigenvalue weighted by atomic mass is 10.0. The van der Waals surface area contributed by atoms with Crippen molar-refractivity contribution in [3.63, 3.8) is 0 Å². The molecule has 0 aliphatic carbocycles. The summed E-state index contributed by atoms with van der Waals surface area (Å²) in [7, 11) is 0. The Hall–Kier alpha value is -4.17. The monoisotopic (exact) mass is 552 g/mol. The van der Waals surface area contributed by atoms with Gasteiger partial charge < -0.3 is 29.4 Å². The number of aryl methyl sites for hydroxylation is 1. The Morgan fingerprint density at radius 3 is 2.36 bits per heavy atom. The number of rotatable bonds is 13. The standard InChI is InChI=1S/C30H32N2O6.ClH/c1-3-9-21-26(12-7-13-27(21)38-28-11-6-5-10-22(28)30(34)35)36-14-8-15-37-29-17-25(33)23(16-20(29)4-2)24-18-31-19-32-24;/h5-7,10-13,16-19,33H,3-4,8-9,14-15H2,1-2H3,(H,31,32)(H,34,35);1H. The molecule has 9 heteroatoms. The summed E-state index contributed by atoms with van der Waals surface area (Å²) in [4.78, 5) is 18.6. The van der Waals surface area contributed by atoms with Gasteiger partial charge in [-0.25, -0.2) is 9.78 Å². The fourth-order valence-corrected chi connectivity index (χ4v) is 4.19. The molecule has 0 spiro atoms. The number of phenols is 1. The molecule has 8 nitrogen and oxygen atoms in total. The first-order chi connectivity index (χ1) is 18.5. The van der Waals surface area contributed by atoms with Crippen LogP contribution in [0.3, 0.4) is 0 Å². The number of aromatic carboxylic acids is 1. The molecule has 4 rings (SSSR count). The van der Waals surface area contributed by atoms with Gasteiger partial charge in [-0.2, -0.15) is 0 Å². The van der Waals surface area contributed by atoms with Crippen molar-refractivity contribution in [2.75, 3.05) is 13.2 Å². The molecule has 1 heterocycles. The third-order valence-electron chi connectivity index (χ3n) is 6.08. The van der Waals surface area contributed by atoms with Crippen molar-refractivity contribution in [1.29, 1.82) is 0 Å². The molecule has 3 aromatic carbocycles. The quantitative estimate of drug-likeness (QED) is 0.152. The number of para-hydroxylation sites is 1.